The standard InChI is InChI=1S/C13H16O/c1-3-12(14)6-9(2)13-8-10-4-5-11(13)7-10/h1,4-5,10-14H,2,6-8H2. The summed E-state index contributed by atoms with van der Waals surface area (Å²) in [7, 11) is 0. The largest absolute Gasteiger partial charge is 0.380 e. The van der Waals surface area contributed by atoms with Crippen molar-refractivity contribution < 1.29 is 5.11 Å². The molecule has 0 radical (unpaired) electrons. The highest BCUT2D eigenvalue weighted by Gasteiger charge is 2.36. The molecule has 0 aliphatic heterocycles. The second-order valence-corrected chi connectivity index (χ2v) is 4.43. The van der Waals surface area contributed by atoms with E-state index >= 15 is 0 Å². The molecule has 14 heavy (non-hydrogen) atoms. The minimum absolute atomic E-state index is 0.563. The van der Waals surface area contributed by atoms with Gasteiger partial charge < -0.3 is 5.11 Å². The van der Waals surface area contributed by atoms with E-state index in [1.54, 1.807) is 0 Å². The smallest absolute Gasteiger partial charge is 0.118 e. The van der Waals surface area contributed by atoms with Gasteiger partial charge in [0, 0.05) is 6.42 Å². The van der Waals surface area contributed by atoms with Gasteiger partial charge in [0.2, 0.25) is 0 Å². The molecule has 0 saturated heterocycles. The molecule has 0 aromatic carbocycles. The molecule has 1 saturated carbocycles. The van der Waals surface area contributed by atoms with Crippen molar-refractivity contribution in [1.29, 1.82) is 0 Å². The fourth-order valence-corrected chi connectivity index (χ4v) is 2.71. The molecule has 0 aromatic rings. The molecular weight excluding hydrogens is 172 g/mol. The van der Waals surface area contributed by atoms with Crippen LogP contribution in [-0.2, 0) is 0 Å². The first-order chi connectivity index (χ1) is 6.70. The van der Waals surface area contributed by atoms with Crippen molar-refractivity contribution in [1.82, 2.24) is 0 Å². The van der Waals surface area contributed by atoms with Crippen LogP contribution in [0.3, 0.4) is 0 Å². The van der Waals surface area contributed by atoms with Gasteiger partial charge in [-0.3, -0.25) is 0 Å². The Morgan fingerprint density at radius 3 is 2.86 bits per heavy atom. The SMILES string of the molecule is C#CC(O)CC(=C)C1CC2C=CC1C2. The third kappa shape index (κ3) is 1.63. The van der Waals surface area contributed by atoms with Crippen LogP contribution >= 0.6 is 0 Å². The van der Waals surface area contributed by atoms with Gasteiger partial charge in [0.15, 0.2) is 0 Å². The average molecular weight is 188 g/mol. The van der Waals surface area contributed by atoms with E-state index in [1.807, 2.05) is 0 Å². The van der Waals surface area contributed by atoms with Crippen molar-refractivity contribution in [2.45, 2.75) is 25.4 Å². The first-order valence-electron chi connectivity index (χ1n) is 5.21. The molecule has 2 aliphatic carbocycles. The van der Waals surface area contributed by atoms with Gasteiger partial charge in [-0.15, -0.1) is 6.42 Å². The van der Waals surface area contributed by atoms with Crippen LogP contribution in [0, 0.1) is 30.1 Å². The monoisotopic (exact) mass is 188 g/mol. The number of aliphatic hydroxyl groups is 1. The number of hydrogen-bond acceptors (Lipinski definition) is 1. The van der Waals surface area contributed by atoms with Gasteiger partial charge in [-0.25, -0.2) is 0 Å². The summed E-state index contributed by atoms with van der Waals surface area (Å²) in [5, 5.41) is 9.34. The van der Waals surface area contributed by atoms with Crippen molar-refractivity contribution in [2.75, 3.05) is 0 Å². The zero-order chi connectivity index (χ0) is 10.1. The molecule has 0 aromatic heterocycles. The molecule has 1 fully saturated rings. The minimum atomic E-state index is -0.648. The van der Waals surface area contributed by atoms with E-state index in [9.17, 15) is 5.11 Å². The van der Waals surface area contributed by atoms with Crippen molar-refractivity contribution in [3.63, 3.8) is 0 Å². The van der Waals surface area contributed by atoms with Crippen LogP contribution in [0.5, 0.6) is 0 Å². The van der Waals surface area contributed by atoms with E-state index in [1.165, 1.54) is 12.8 Å². The second kappa shape index (κ2) is 3.63. The number of rotatable bonds is 3. The van der Waals surface area contributed by atoms with Crippen LogP contribution in [0.15, 0.2) is 24.3 Å². The molecule has 1 heteroatoms. The topological polar surface area (TPSA) is 20.2 Å². The first kappa shape index (κ1) is 9.55. The van der Waals surface area contributed by atoms with Crippen molar-refractivity contribution in [3.05, 3.63) is 24.3 Å². The molecule has 2 rings (SSSR count). The Bertz CT molecular complexity index is 308. The molecule has 2 bridgehead atoms. The van der Waals surface area contributed by atoms with Crippen molar-refractivity contribution in [2.24, 2.45) is 17.8 Å². The molecule has 74 valence electrons. The normalized spacial score (nSPS) is 35.6. The van der Waals surface area contributed by atoms with Gasteiger partial charge in [0.1, 0.15) is 6.10 Å². The molecule has 0 spiro atoms. The fraction of sp³-hybridized carbons (Fsp3) is 0.538. The van der Waals surface area contributed by atoms with Crippen LogP contribution in [0.2, 0.25) is 0 Å². The van der Waals surface area contributed by atoms with E-state index in [0.717, 1.165) is 11.5 Å². The van der Waals surface area contributed by atoms with Gasteiger partial charge in [-0.05, 0) is 30.6 Å². The summed E-state index contributed by atoms with van der Waals surface area (Å²) in [6, 6.07) is 0. The van der Waals surface area contributed by atoms with Crippen LogP contribution in [0.1, 0.15) is 19.3 Å². The molecule has 4 atom stereocenters. The molecule has 1 N–H and O–H groups in total. The third-order valence-electron chi connectivity index (χ3n) is 3.45. The Balaban J connectivity index is 1.94. The lowest BCUT2D eigenvalue weighted by Crippen LogP contribution is -2.14. The van der Waals surface area contributed by atoms with Gasteiger partial charge in [0.25, 0.3) is 0 Å². The average Bonchev–Trinajstić information content (AvgIpc) is 2.78. The van der Waals surface area contributed by atoms with E-state index < -0.39 is 6.10 Å². The second-order valence-electron chi connectivity index (χ2n) is 4.43. The van der Waals surface area contributed by atoms with Crippen LogP contribution < -0.4 is 0 Å². The highest BCUT2D eigenvalue weighted by atomic mass is 16.3. The van der Waals surface area contributed by atoms with Gasteiger partial charge in [-0.2, -0.15) is 0 Å². The molecule has 1 nitrogen and oxygen atoms in total. The zero-order valence-corrected chi connectivity index (χ0v) is 8.32. The number of terminal acetylenes is 1. The molecule has 4 unspecified atom stereocenters. The first-order valence-corrected chi connectivity index (χ1v) is 5.21. The summed E-state index contributed by atoms with van der Waals surface area (Å²) in [5.41, 5.74) is 1.13. The summed E-state index contributed by atoms with van der Waals surface area (Å²) in [6.45, 7) is 4.05. The highest BCUT2D eigenvalue weighted by molar-refractivity contribution is 5.20. The minimum Gasteiger partial charge on any atom is -0.380 e. The van der Waals surface area contributed by atoms with Gasteiger partial charge in [0.05, 0.1) is 0 Å². The quantitative estimate of drug-likeness (QED) is 0.531. The molecular formula is C13H16O. The Morgan fingerprint density at radius 2 is 2.36 bits per heavy atom. The maximum Gasteiger partial charge on any atom is 0.118 e. The van der Waals surface area contributed by atoms with Crippen molar-refractivity contribution >= 4 is 0 Å². The number of fused-ring (bicyclic) bond motifs is 2. The summed E-state index contributed by atoms with van der Waals surface area (Å²) < 4.78 is 0. The number of aliphatic hydroxyl groups excluding tert-OH is 1. The number of hydrogen-bond donors (Lipinski definition) is 1. The summed E-state index contributed by atoms with van der Waals surface area (Å²) in [4.78, 5) is 0. The Labute approximate surface area is 85.5 Å². The lowest BCUT2D eigenvalue weighted by Gasteiger charge is -2.21. The molecule has 0 amide bonds. The Hall–Kier alpha value is -1.00. The summed E-state index contributed by atoms with van der Waals surface area (Å²) in [6.07, 6.45) is 12.1. The fourth-order valence-electron chi connectivity index (χ4n) is 2.71. The predicted molar refractivity (Wildman–Crippen MR) is 57.4 cm³/mol. The lowest BCUT2D eigenvalue weighted by atomic mass is 9.85. The van der Waals surface area contributed by atoms with Crippen LogP contribution in [-0.4, -0.2) is 11.2 Å². The van der Waals surface area contributed by atoms with E-state index in [0.29, 0.717) is 18.3 Å². The van der Waals surface area contributed by atoms with E-state index in [2.05, 4.69) is 24.7 Å². The summed E-state index contributed by atoms with van der Waals surface area (Å²) in [5.74, 6) is 4.32. The Kier molecular flexibility index (Phi) is 2.48. The molecule has 2 aliphatic rings. The van der Waals surface area contributed by atoms with E-state index in [-0.39, 0.29) is 0 Å². The maximum atomic E-state index is 9.34. The van der Waals surface area contributed by atoms with Crippen LogP contribution in [0.4, 0.5) is 0 Å². The summed E-state index contributed by atoms with van der Waals surface area (Å²) >= 11 is 0. The van der Waals surface area contributed by atoms with Crippen LogP contribution in [0.25, 0.3) is 0 Å². The lowest BCUT2D eigenvalue weighted by molar-refractivity contribution is 0.227. The zero-order valence-electron chi connectivity index (χ0n) is 8.32. The van der Waals surface area contributed by atoms with Crippen molar-refractivity contribution in [3.8, 4) is 12.3 Å². The molecule has 0 heterocycles. The third-order valence-corrected chi connectivity index (χ3v) is 3.45. The highest BCUT2D eigenvalue weighted by Crippen LogP contribution is 2.46. The maximum absolute atomic E-state index is 9.34. The number of allylic oxidation sites excluding steroid dienone is 2. The predicted octanol–water partition coefficient (Wildman–Crippen LogP) is 2.14. The van der Waals surface area contributed by atoms with Gasteiger partial charge in [-0.1, -0.05) is 30.2 Å². The Morgan fingerprint density at radius 1 is 1.57 bits per heavy atom. The van der Waals surface area contributed by atoms with E-state index in [4.69, 9.17) is 6.42 Å². The van der Waals surface area contributed by atoms with Gasteiger partial charge >= 0.3 is 0 Å².